The third-order valence-electron chi connectivity index (χ3n) is 5.46. The Hall–Kier alpha value is -4.11. The molecular weight excluding hydrogens is 480 g/mol. The van der Waals surface area contributed by atoms with E-state index in [1.54, 1.807) is 30.3 Å². The van der Waals surface area contributed by atoms with Crippen LogP contribution in [0.15, 0.2) is 84.0 Å². The van der Waals surface area contributed by atoms with E-state index >= 15 is 0 Å². The molecule has 9 heteroatoms. The molecule has 36 heavy (non-hydrogen) atoms. The third kappa shape index (κ3) is 5.92. The van der Waals surface area contributed by atoms with Crippen molar-refractivity contribution in [1.82, 2.24) is 9.97 Å². The molecule has 0 aliphatic heterocycles. The minimum absolute atomic E-state index is 0.0283. The molecule has 1 aliphatic rings. The zero-order valence-corrected chi connectivity index (χ0v) is 20.3. The van der Waals surface area contributed by atoms with E-state index in [1.807, 2.05) is 36.4 Å². The van der Waals surface area contributed by atoms with Crippen LogP contribution in [0.3, 0.4) is 0 Å². The van der Waals surface area contributed by atoms with Gasteiger partial charge in [0.25, 0.3) is 0 Å². The first-order valence-electron chi connectivity index (χ1n) is 11.4. The summed E-state index contributed by atoms with van der Waals surface area (Å²) in [6.45, 7) is 0.183. The van der Waals surface area contributed by atoms with Gasteiger partial charge in [0.15, 0.2) is 14.9 Å². The quantitative estimate of drug-likeness (QED) is 0.313. The molecule has 0 bridgehead atoms. The molecule has 1 N–H and O–H groups in total. The largest absolute Gasteiger partial charge is 0.490 e. The zero-order valence-electron chi connectivity index (χ0n) is 19.5. The molecule has 184 valence electrons. The van der Waals surface area contributed by atoms with Gasteiger partial charge in [-0.2, -0.15) is 0 Å². The molecule has 1 fully saturated rings. The van der Waals surface area contributed by atoms with Crippen LogP contribution in [-0.2, 0) is 21.2 Å². The maximum Gasteiger partial charge on any atom is 0.355 e. The van der Waals surface area contributed by atoms with Gasteiger partial charge in [-0.15, -0.1) is 0 Å². The Morgan fingerprint density at radius 2 is 1.75 bits per heavy atom. The van der Waals surface area contributed by atoms with E-state index in [4.69, 9.17) is 14.2 Å². The molecular formula is C27H24N2O6S. The van der Waals surface area contributed by atoms with Gasteiger partial charge in [-0.25, -0.2) is 18.2 Å². The fraction of sp³-hybridized carbons (Fsp3) is 0.185. The van der Waals surface area contributed by atoms with Crippen LogP contribution in [0, 0.1) is 0 Å². The van der Waals surface area contributed by atoms with Gasteiger partial charge in [0, 0.05) is 23.6 Å². The molecule has 0 saturated heterocycles. The molecule has 0 atom stereocenters. The van der Waals surface area contributed by atoms with E-state index in [2.05, 4.69) is 9.97 Å². The van der Waals surface area contributed by atoms with Gasteiger partial charge in [-0.3, -0.25) is 0 Å². The van der Waals surface area contributed by atoms with Crippen LogP contribution in [0.4, 0.5) is 0 Å². The summed E-state index contributed by atoms with van der Waals surface area (Å²) in [7, 11) is -3.40. The van der Waals surface area contributed by atoms with E-state index in [9.17, 15) is 13.2 Å². The van der Waals surface area contributed by atoms with Gasteiger partial charge in [0.05, 0.1) is 12.3 Å². The first-order chi connectivity index (χ1) is 17.3. The summed E-state index contributed by atoms with van der Waals surface area (Å²) in [5, 5.41) is -0.0283. The van der Waals surface area contributed by atoms with Crippen LogP contribution in [0.2, 0.25) is 0 Å². The van der Waals surface area contributed by atoms with Crippen LogP contribution in [0.25, 0.3) is 11.3 Å². The van der Waals surface area contributed by atoms with Gasteiger partial charge in [0.1, 0.15) is 29.5 Å². The van der Waals surface area contributed by atoms with E-state index in [-0.39, 0.29) is 17.7 Å². The Bertz CT molecular complexity index is 1480. The molecule has 0 spiro atoms. The van der Waals surface area contributed by atoms with Crippen molar-refractivity contribution in [3.8, 4) is 28.5 Å². The highest BCUT2D eigenvalue weighted by Gasteiger charge is 2.24. The average molecular weight is 505 g/mol. The van der Waals surface area contributed by atoms with Gasteiger partial charge in [0.2, 0.25) is 0 Å². The predicted octanol–water partition coefficient (Wildman–Crippen LogP) is 5.17. The molecule has 0 unspecified atom stereocenters. The Kier molecular flexibility index (Phi) is 6.47. The molecule has 4 aromatic rings. The Morgan fingerprint density at radius 1 is 0.972 bits per heavy atom. The molecule has 1 aliphatic carbocycles. The minimum Gasteiger partial charge on any atom is -0.490 e. The SMILES string of the molecule is CS(=O)(=O)c1ccc(Oc2cc(OC3CC3)cc(-c3ccc(C(=O)OCc4ccccc4)[nH]3)c2)cn1. The van der Waals surface area contributed by atoms with E-state index in [0.29, 0.717) is 28.6 Å². The fourth-order valence-electron chi connectivity index (χ4n) is 3.50. The van der Waals surface area contributed by atoms with Crippen LogP contribution >= 0.6 is 0 Å². The topological polar surface area (TPSA) is 108 Å². The smallest absolute Gasteiger partial charge is 0.355 e. The second-order valence-electron chi connectivity index (χ2n) is 8.56. The summed E-state index contributed by atoms with van der Waals surface area (Å²) in [5.74, 6) is 1.05. The third-order valence-corrected chi connectivity index (χ3v) is 6.46. The van der Waals surface area contributed by atoms with E-state index in [1.165, 1.54) is 12.3 Å². The molecule has 2 aromatic heterocycles. The Balaban J connectivity index is 1.35. The average Bonchev–Trinajstić information content (AvgIpc) is 3.53. The number of pyridine rings is 1. The van der Waals surface area contributed by atoms with Crippen LogP contribution in [-0.4, -0.2) is 36.7 Å². The van der Waals surface area contributed by atoms with Crippen LogP contribution < -0.4 is 9.47 Å². The number of sulfone groups is 1. The molecule has 2 heterocycles. The maximum absolute atomic E-state index is 12.5. The summed E-state index contributed by atoms with van der Waals surface area (Å²) in [6, 6.07) is 21.3. The van der Waals surface area contributed by atoms with E-state index < -0.39 is 15.8 Å². The standard InChI is InChI=1S/C27H24N2O6S/c1-36(31,32)26-12-9-21(16-28-26)35-23-14-19(13-22(15-23)34-20-7-8-20)24-10-11-25(29-24)27(30)33-17-18-5-3-2-4-6-18/h2-6,9-16,20,29H,7-8,17H2,1H3. The highest BCUT2D eigenvalue weighted by atomic mass is 32.2. The Morgan fingerprint density at radius 3 is 2.44 bits per heavy atom. The van der Waals surface area contributed by atoms with Crippen LogP contribution in [0.1, 0.15) is 28.9 Å². The van der Waals surface area contributed by atoms with Crippen molar-refractivity contribution in [3.63, 3.8) is 0 Å². The lowest BCUT2D eigenvalue weighted by Crippen LogP contribution is -2.05. The number of hydrogen-bond acceptors (Lipinski definition) is 7. The number of rotatable bonds is 9. The number of nitrogens with one attached hydrogen (secondary N) is 1. The predicted molar refractivity (Wildman–Crippen MR) is 133 cm³/mol. The molecule has 2 aromatic carbocycles. The second-order valence-corrected chi connectivity index (χ2v) is 10.5. The number of hydrogen-bond donors (Lipinski definition) is 1. The lowest BCUT2D eigenvalue weighted by Gasteiger charge is -2.12. The van der Waals surface area contributed by atoms with Crippen molar-refractivity contribution < 1.29 is 27.4 Å². The first kappa shape index (κ1) is 23.6. The Labute approximate surface area is 208 Å². The number of benzene rings is 2. The first-order valence-corrected chi connectivity index (χ1v) is 13.3. The summed E-state index contributed by atoms with van der Waals surface area (Å²) in [5.41, 5.74) is 2.69. The van der Waals surface area contributed by atoms with Crippen molar-refractivity contribution in [2.75, 3.05) is 6.26 Å². The van der Waals surface area contributed by atoms with Crippen molar-refractivity contribution in [2.45, 2.75) is 30.6 Å². The molecule has 0 radical (unpaired) electrons. The number of aromatic amines is 1. The number of ether oxygens (including phenoxy) is 3. The van der Waals surface area contributed by atoms with Gasteiger partial charge >= 0.3 is 5.97 Å². The van der Waals surface area contributed by atoms with Crippen LogP contribution in [0.5, 0.6) is 17.2 Å². The normalized spacial score (nSPS) is 13.2. The second kappa shape index (κ2) is 9.87. The summed E-state index contributed by atoms with van der Waals surface area (Å²) >= 11 is 0. The fourth-order valence-corrected chi connectivity index (χ4v) is 4.06. The monoisotopic (exact) mass is 504 g/mol. The summed E-state index contributed by atoms with van der Waals surface area (Å²) in [6.07, 6.45) is 4.63. The molecule has 5 rings (SSSR count). The molecule has 1 saturated carbocycles. The van der Waals surface area contributed by atoms with Gasteiger partial charge < -0.3 is 19.2 Å². The van der Waals surface area contributed by atoms with Crippen molar-refractivity contribution in [3.05, 3.63) is 90.3 Å². The van der Waals surface area contributed by atoms with Crippen molar-refractivity contribution >= 4 is 15.8 Å². The number of carbonyl (C=O) groups is 1. The summed E-state index contributed by atoms with van der Waals surface area (Å²) < 4.78 is 40.7. The number of carbonyl (C=O) groups excluding carboxylic acids is 1. The van der Waals surface area contributed by atoms with E-state index in [0.717, 1.165) is 30.2 Å². The number of nitrogens with zero attached hydrogens (tertiary/aromatic N) is 1. The maximum atomic E-state index is 12.5. The van der Waals surface area contributed by atoms with Gasteiger partial charge in [-0.1, -0.05) is 30.3 Å². The lowest BCUT2D eigenvalue weighted by molar-refractivity contribution is 0.0466. The highest BCUT2D eigenvalue weighted by Crippen LogP contribution is 2.35. The number of aromatic nitrogens is 2. The molecule has 8 nitrogen and oxygen atoms in total. The number of esters is 1. The molecule has 0 amide bonds. The van der Waals surface area contributed by atoms with Crippen molar-refractivity contribution in [2.24, 2.45) is 0 Å². The van der Waals surface area contributed by atoms with Gasteiger partial charge in [-0.05, 0) is 54.8 Å². The number of H-pyrrole nitrogens is 1. The zero-order chi connectivity index (χ0) is 25.1. The summed E-state index contributed by atoms with van der Waals surface area (Å²) in [4.78, 5) is 19.6. The van der Waals surface area contributed by atoms with Crippen molar-refractivity contribution in [1.29, 1.82) is 0 Å². The minimum atomic E-state index is -3.40. The highest BCUT2D eigenvalue weighted by molar-refractivity contribution is 7.90. The lowest BCUT2D eigenvalue weighted by atomic mass is 10.1.